The zero-order valence-electron chi connectivity index (χ0n) is 7.76. The van der Waals surface area contributed by atoms with E-state index >= 15 is 0 Å². The van der Waals surface area contributed by atoms with Crippen molar-refractivity contribution in [1.82, 2.24) is 5.32 Å². The maximum Gasteiger partial charge on any atom is 0.0219 e. The minimum Gasteiger partial charge on any atom is -0.329 e. The van der Waals surface area contributed by atoms with E-state index in [1.54, 1.807) is 0 Å². The molecule has 0 saturated heterocycles. The highest BCUT2D eigenvalue weighted by Gasteiger charge is 2.00. The van der Waals surface area contributed by atoms with Crippen LogP contribution in [0.5, 0.6) is 0 Å². The van der Waals surface area contributed by atoms with Crippen molar-refractivity contribution >= 4 is 22.6 Å². The Kier molecular flexibility index (Phi) is 4.69. The summed E-state index contributed by atoms with van der Waals surface area (Å²) in [5.41, 5.74) is 6.85. The van der Waals surface area contributed by atoms with Crippen molar-refractivity contribution in [1.29, 1.82) is 0 Å². The Labute approximate surface area is 93.0 Å². The summed E-state index contributed by atoms with van der Waals surface area (Å²) in [7, 11) is 0. The first-order valence-corrected chi connectivity index (χ1v) is 5.48. The second-order valence-electron chi connectivity index (χ2n) is 3.11. The normalized spacial score (nSPS) is 12.8. The van der Waals surface area contributed by atoms with Crippen LogP contribution in [-0.4, -0.2) is 12.6 Å². The minimum atomic E-state index is 0.385. The molecule has 0 bridgehead atoms. The van der Waals surface area contributed by atoms with Crippen LogP contribution < -0.4 is 11.1 Å². The molecule has 0 aliphatic carbocycles. The van der Waals surface area contributed by atoms with E-state index in [9.17, 15) is 0 Å². The van der Waals surface area contributed by atoms with Gasteiger partial charge in [-0.1, -0.05) is 18.2 Å². The predicted octanol–water partition coefficient (Wildman–Crippen LogP) is 1.73. The van der Waals surface area contributed by atoms with E-state index in [4.69, 9.17) is 5.73 Å². The van der Waals surface area contributed by atoms with Gasteiger partial charge < -0.3 is 11.1 Å². The highest BCUT2D eigenvalue weighted by molar-refractivity contribution is 14.1. The van der Waals surface area contributed by atoms with E-state index in [0.717, 1.165) is 6.54 Å². The summed E-state index contributed by atoms with van der Waals surface area (Å²) in [5, 5.41) is 3.36. The molecule has 72 valence electrons. The average Bonchev–Trinajstić information content (AvgIpc) is 2.16. The van der Waals surface area contributed by atoms with Crippen LogP contribution in [0.2, 0.25) is 0 Å². The van der Waals surface area contributed by atoms with Crippen LogP contribution in [0.3, 0.4) is 0 Å². The van der Waals surface area contributed by atoms with Gasteiger partial charge in [0.15, 0.2) is 0 Å². The molecule has 0 aliphatic rings. The Morgan fingerprint density at radius 3 is 2.77 bits per heavy atom. The second kappa shape index (κ2) is 5.57. The van der Waals surface area contributed by atoms with Crippen molar-refractivity contribution in [2.45, 2.75) is 19.5 Å². The van der Waals surface area contributed by atoms with Gasteiger partial charge in [-0.25, -0.2) is 0 Å². The zero-order valence-corrected chi connectivity index (χ0v) is 9.91. The van der Waals surface area contributed by atoms with Crippen LogP contribution in [0.25, 0.3) is 0 Å². The lowest BCUT2D eigenvalue weighted by atomic mass is 10.2. The molecular weight excluding hydrogens is 275 g/mol. The molecule has 1 unspecified atom stereocenters. The Bertz CT molecular complexity index is 263. The number of hydrogen-bond donors (Lipinski definition) is 2. The molecule has 13 heavy (non-hydrogen) atoms. The molecule has 0 aliphatic heterocycles. The minimum absolute atomic E-state index is 0.385. The number of nitrogens with two attached hydrogens (primary N) is 1. The molecule has 0 heterocycles. The molecule has 2 nitrogen and oxygen atoms in total. The first-order chi connectivity index (χ1) is 6.24. The number of halogens is 1. The van der Waals surface area contributed by atoms with Gasteiger partial charge in [-0.2, -0.15) is 0 Å². The maximum atomic E-state index is 5.51. The van der Waals surface area contributed by atoms with Crippen LogP contribution in [0, 0.1) is 3.57 Å². The van der Waals surface area contributed by atoms with E-state index in [-0.39, 0.29) is 0 Å². The monoisotopic (exact) mass is 290 g/mol. The Hall–Kier alpha value is -0.130. The average molecular weight is 290 g/mol. The molecule has 0 aromatic heterocycles. The van der Waals surface area contributed by atoms with Crippen LogP contribution in [0.4, 0.5) is 0 Å². The Balaban J connectivity index is 2.50. The molecule has 1 aromatic rings. The van der Waals surface area contributed by atoms with Gasteiger partial charge in [-0.3, -0.25) is 0 Å². The summed E-state index contributed by atoms with van der Waals surface area (Å²) in [4.78, 5) is 0. The lowest BCUT2D eigenvalue weighted by Crippen LogP contribution is -2.32. The smallest absolute Gasteiger partial charge is 0.0219 e. The molecular formula is C10H15IN2. The van der Waals surface area contributed by atoms with Crippen LogP contribution in [0.1, 0.15) is 12.5 Å². The fourth-order valence-corrected chi connectivity index (χ4v) is 1.59. The molecule has 0 spiro atoms. The van der Waals surface area contributed by atoms with Gasteiger partial charge in [-0.05, 0) is 41.1 Å². The Morgan fingerprint density at radius 1 is 1.46 bits per heavy atom. The summed E-state index contributed by atoms with van der Waals surface area (Å²) in [6.45, 7) is 3.68. The topological polar surface area (TPSA) is 38.0 Å². The van der Waals surface area contributed by atoms with Gasteiger partial charge in [0, 0.05) is 22.7 Å². The van der Waals surface area contributed by atoms with Crippen molar-refractivity contribution in [2.24, 2.45) is 5.73 Å². The van der Waals surface area contributed by atoms with Gasteiger partial charge in [-0.15, -0.1) is 0 Å². The van der Waals surface area contributed by atoms with Gasteiger partial charge in [0.2, 0.25) is 0 Å². The number of hydrogen-bond acceptors (Lipinski definition) is 2. The number of nitrogens with one attached hydrogen (secondary N) is 1. The molecule has 3 heteroatoms. The molecule has 1 rings (SSSR count). The third kappa shape index (κ3) is 3.62. The van der Waals surface area contributed by atoms with Gasteiger partial charge in [0.1, 0.15) is 0 Å². The molecule has 0 radical (unpaired) electrons. The van der Waals surface area contributed by atoms with Gasteiger partial charge in [0.05, 0.1) is 0 Å². The largest absolute Gasteiger partial charge is 0.329 e. The van der Waals surface area contributed by atoms with Crippen molar-refractivity contribution in [3.63, 3.8) is 0 Å². The summed E-state index contributed by atoms with van der Waals surface area (Å²) in [6, 6.07) is 8.75. The maximum absolute atomic E-state index is 5.51. The van der Waals surface area contributed by atoms with E-state index in [1.807, 2.05) is 0 Å². The standard InChI is InChI=1S/C10H15IN2/c1-8(6-12)13-7-9-4-2-3-5-10(9)11/h2-5,8,13H,6-7,12H2,1H3. The predicted molar refractivity (Wildman–Crippen MR) is 64.5 cm³/mol. The van der Waals surface area contributed by atoms with Crippen LogP contribution in [0.15, 0.2) is 24.3 Å². The van der Waals surface area contributed by atoms with E-state index < -0.39 is 0 Å². The molecule has 0 fully saturated rings. The molecule has 0 amide bonds. The van der Waals surface area contributed by atoms with Crippen molar-refractivity contribution < 1.29 is 0 Å². The highest BCUT2D eigenvalue weighted by Crippen LogP contribution is 2.10. The molecule has 1 atom stereocenters. The van der Waals surface area contributed by atoms with Crippen molar-refractivity contribution in [2.75, 3.05) is 6.54 Å². The second-order valence-corrected chi connectivity index (χ2v) is 4.27. The van der Waals surface area contributed by atoms with Gasteiger partial charge in [0.25, 0.3) is 0 Å². The lowest BCUT2D eigenvalue weighted by Gasteiger charge is -2.11. The summed E-state index contributed by atoms with van der Waals surface area (Å²) in [5.74, 6) is 0. The van der Waals surface area contributed by atoms with Crippen molar-refractivity contribution in [3.05, 3.63) is 33.4 Å². The highest BCUT2D eigenvalue weighted by atomic mass is 127. The van der Waals surface area contributed by atoms with Gasteiger partial charge >= 0.3 is 0 Å². The first-order valence-electron chi connectivity index (χ1n) is 4.41. The third-order valence-electron chi connectivity index (χ3n) is 1.95. The molecule has 1 aromatic carbocycles. The molecule has 3 N–H and O–H groups in total. The fourth-order valence-electron chi connectivity index (χ4n) is 1.01. The van der Waals surface area contributed by atoms with E-state index in [1.165, 1.54) is 9.13 Å². The fraction of sp³-hybridized carbons (Fsp3) is 0.400. The quantitative estimate of drug-likeness (QED) is 0.829. The summed E-state index contributed by atoms with van der Waals surface area (Å²) < 4.78 is 1.30. The van der Waals surface area contributed by atoms with Crippen molar-refractivity contribution in [3.8, 4) is 0 Å². The van der Waals surface area contributed by atoms with Crippen LogP contribution >= 0.6 is 22.6 Å². The SMILES string of the molecule is CC(CN)NCc1ccccc1I. The zero-order chi connectivity index (χ0) is 9.68. The third-order valence-corrected chi connectivity index (χ3v) is 3.00. The first kappa shape index (κ1) is 10.9. The summed E-state index contributed by atoms with van der Waals surface area (Å²) >= 11 is 2.35. The number of rotatable bonds is 4. The lowest BCUT2D eigenvalue weighted by molar-refractivity contribution is 0.555. The van der Waals surface area contributed by atoms with E-state index in [0.29, 0.717) is 12.6 Å². The van der Waals surface area contributed by atoms with Crippen LogP contribution in [-0.2, 0) is 6.54 Å². The number of benzene rings is 1. The molecule has 0 saturated carbocycles. The van der Waals surface area contributed by atoms with E-state index in [2.05, 4.69) is 59.1 Å². The Morgan fingerprint density at radius 2 is 2.15 bits per heavy atom. The summed E-state index contributed by atoms with van der Waals surface area (Å²) in [6.07, 6.45) is 0.